The number of nitrogens with one attached hydrogen (secondary N) is 1. The molecule has 0 saturated heterocycles. The summed E-state index contributed by atoms with van der Waals surface area (Å²) in [5, 5.41) is 3.29. The van der Waals surface area contributed by atoms with Gasteiger partial charge in [-0.15, -0.1) is 5.10 Å². The summed E-state index contributed by atoms with van der Waals surface area (Å²) in [6.07, 6.45) is -4.57. The van der Waals surface area contributed by atoms with Gasteiger partial charge in [0.15, 0.2) is 5.69 Å². The summed E-state index contributed by atoms with van der Waals surface area (Å²) >= 11 is 0. The summed E-state index contributed by atoms with van der Waals surface area (Å²) in [6, 6.07) is 5.14. The average Bonchev–Trinajstić information content (AvgIpc) is 2.82. The van der Waals surface area contributed by atoms with Gasteiger partial charge >= 0.3 is 6.18 Å². The van der Waals surface area contributed by atoms with Crippen LogP contribution in [-0.2, 0) is 6.18 Å². The highest BCUT2D eigenvalue weighted by atomic mass is 19.4. The number of carbonyl (C=O) groups is 1. The van der Waals surface area contributed by atoms with Crippen molar-refractivity contribution in [3.8, 4) is 11.3 Å². The van der Waals surface area contributed by atoms with Gasteiger partial charge in [0.1, 0.15) is 5.69 Å². The van der Waals surface area contributed by atoms with E-state index in [0.29, 0.717) is 11.3 Å². The molecule has 1 aromatic heterocycles. The van der Waals surface area contributed by atoms with Crippen LogP contribution in [-0.4, -0.2) is 15.9 Å². The maximum Gasteiger partial charge on any atom is 0.435 e. The molecule has 20 heavy (non-hydrogen) atoms. The largest absolute Gasteiger partial charge is 0.435 e. The number of nitrogens with zero attached hydrogens (tertiary/aromatic N) is 2. The molecule has 0 unspecified atom stereocenters. The average molecular weight is 284 g/mol. The van der Waals surface area contributed by atoms with E-state index in [0.717, 1.165) is 10.9 Å². The fourth-order valence-corrected chi connectivity index (χ4v) is 1.85. The number of fused-ring (bicyclic) bond motifs is 3. The Morgan fingerprint density at radius 2 is 2.10 bits per heavy atom. The second-order valence-corrected chi connectivity index (χ2v) is 4.10. The van der Waals surface area contributed by atoms with Gasteiger partial charge in [-0.05, 0) is 18.2 Å². The lowest BCUT2D eigenvalue weighted by atomic mass is 10.1. The predicted octanol–water partition coefficient (Wildman–Crippen LogP) is 1.44. The van der Waals surface area contributed by atoms with Crippen molar-refractivity contribution >= 4 is 11.6 Å². The lowest BCUT2D eigenvalue weighted by Crippen LogP contribution is -2.25. The lowest BCUT2D eigenvalue weighted by molar-refractivity contribution is -0.142. The third kappa shape index (κ3) is 1.83. The molecule has 1 aromatic carbocycles. The molecule has 3 rings (SSSR count). The van der Waals surface area contributed by atoms with Crippen LogP contribution in [0.5, 0.6) is 0 Å². The van der Waals surface area contributed by atoms with Crippen LogP contribution in [0.4, 0.5) is 18.9 Å². The maximum atomic E-state index is 12.6. The van der Waals surface area contributed by atoms with E-state index in [-0.39, 0.29) is 11.3 Å². The summed E-state index contributed by atoms with van der Waals surface area (Å²) in [6.45, 7) is 0. The highest BCUT2D eigenvalue weighted by Crippen LogP contribution is 2.36. The van der Waals surface area contributed by atoms with Crippen LogP contribution in [0.1, 0.15) is 16.1 Å². The first kappa shape index (κ1) is 12.3. The van der Waals surface area contributed by atoms with Gasteiger partial charge in [0.2, 0.25) is 5.91 Å². The fraction of sp³-hybridized carbons (Fsp3) is 0.0909. The van der Waals surface area contributed by atoms with E-state index < -0.39 is 17.8 Å². The number of rotatable bonds is 1. The highest BCUT2D eigenvalue weighted by molar-refractivity contribution is 5.95. The third-order valence-electron chi connectivity index (χ3n) is 2.79. The number of hydrogen-bond acceptors (Lipinski definition) is 4. The van der Waals surface area contributed by atoms with Gasteiger partial charge in [-0.25, -0.2) is 0 Å². The number of alkyl halides is 3. The summed E-state index contributed by atoms with van der Waals surface area (Å²) < 4.78 is 37.8. The van der Waals surface area contributed by atoms with Crippen LogP contribution >= 0.6 is 0 Å². The second-order valence-electron chi connectivity index (χ2n) is 4.10. The Balaban J connectivity index is 2.11. The van der Waals surface area contributed by atoms with E-state index >= 15 is 0 Å². The smallest absolute Gasteiger partial charge is 0.366 e. The Kier molecular flexibility index (Phi) is 2.40. The van der Waals surface area contributed by atoms with Crippen LogP contribution < -0.4 is 16.2 Å². The Morgan fingerprint density at radius 3 is 2.75 bits per heavy atom. The van der Waals surface area contributed by atoms with E-state index in [9.17, 15) is 18.0 Å². The fourth-order valence-electron chi connectivity index (χ4n) is 1.85. The van der Waals surface area contributed by atoms with Gasteiger partial charge in [-0.3, -0.25) is 9.73 Å². The topological polar surface area (TPSA) is 82.2 Å². The van der Waals surface area contributed by atoms with Crippen molar-refractivity contribution in [2.24, 2.45) is 5.73 Å². The molecule has 9 heteroatoms. The molecule has 0 radical (unpaired) electrons. The van der Waals surface area contributed by atoms with E-state index in [4.69, 9.17) is 10.7 Å². The first-order chi connectivity index (χ1) is 9.36. The zero-order valence-electron chi connectivity index (χ0n) is 9.73. The highest BCUT2D eigenvalue weighted by Gasteiger charge is 2.36. The molecule has 0 fully saturated rings. The normalized spacial score (nSPS) is 12.9. The van der Waals surface area contributed by atoms with Crippen molar-refractivity contribution in [2.75, 3.05) is 5.48 Å². The van der Waals surface area contributed by atoms with E-state index in [2.05, 4.69) is 10.6 Å². The number of primary amides is 1. The minimum atomic E-state index is -4.57. The van der Waals surface area contributed by atoms with Gasteiger partial charge in [-0.1, -0.05) is 4.85 Å². The predicted molar refractivity (Wildman–Crippen MR) is 61.4 cm³/mol. The molecule has 0 aliphatic carbocycles. The molecule has 1 aliphatic rings. The number of anilines is 1. The summed E-state index contributed by atoms with van der Waals surface area (Å²) in [7, 11) is 0. The molecular weight excluding hydrogens is 277 g/mol. The Morgan fingerprint density at radius 1 is 1.35 bits per heavy atom. The Labute approximate surface area is 109 Å². The summed E-state index contributed by atoms with van der Waals surface area (Å²) in [5.41, 5.74) is 7.56. The van der Waals surface area contributed by atoms with Gasteiger partial charge < -0.3 is 5.73 Å². The first-order valence-corrected chi connectivity index (χ1v) is 5.41. The molecule has 2 aromatic rings. The number of nitrogens with two attached hydrogens (primary N) is 1. The minimum absolute atomic E-state index is 0.127. The molecule has 0 spiro atoms. The molecule has 0 atom stereocenters. The number of halogens is 3. The molecule has 0 bridgehead atoms. The van der Waals surface area contributed by atoms with Gasteiger partial charge in [0, 0.05) is 17.2 Å². The minimum Gasteiger partial charge on any atom is -0.366 e. The summed E-state index contributed by atoms with van der Waals surface area (Å²) in [4.78, 5) is 16.7. The molecule has 0 saturated carbocycles. The van der Waals surface area contributed by atoms with Crippen molar-refractivity contribution < 1.29 is 22.9 Å². The molecule has 1 aliphatic heterocycles. The maximum absolute atomic E-state index is 12.6. The van der Waals surface area contributed by atoms with Crippen molar-refractivity contribution in [3.05, 3.63) is 35.5 Å². The van der Waals surface area contributed by atoms with E-state index in [1.165, 1.54) is 18.2 Å². The standard InChI is InChI=1S/C11H7F3N4O2/c12-11(13,14)9-4-8-6-2-1-5(10(15)19)3-7(6)17-20-18(8)16-9/h1-4,17H,(H2,15,19). The molecule has 1 amide bonds. The second kappa shape index (κ2) is 3.89. The number of aromatic nitrogens is 2. The van der Waals surface area contributed by atoms with Crippen LogP contribution in [0.25, 0.3) is 11.3 Å². The SMILES string of the molecule is NC(=O)c1ccc2c(c1)NOn1nc(C(F)(F)F)cc1-2. The van der Waals surface area contributed by atoms with Gasteiger partial charge in [-0.2, -0.15) is 18.7 Å². The number of carbonyl (C=O) groups excluding carboxylic acids is 1. The third-order valence-corrected chi connectivity index (χ3v) is 2.79. The van der Waals surface area contributed by atoms with Crippen LogP contribution in [0.15, 0.2) is 24.3 Å². The van der Waals surface area contributed by atoms with E-state index in [1.54, 1.807) is 0 Å². The zero-order valence-corrected chi connectivity index (χ0v) is 9.73. The van der Waals surface area contributed by atoms with Crippen LogP contribution in [0, 0.1) is 0 Å². The van der Waals surface area contributed by atoms with Gasteiger partial charge in [0.05, 0.1) is 5.69 Å². The monoisotopic (exact) mass is 284 g/mol. The number of benzene rings is 1. The lowest BCUT2D eigenvalue weighted by Gasteiger charge is -2.18. The van der Waals surface area contributed by atoms with Crippen molar-refractivity contribution in [1.82, 2.24) is 9.94 Å². The Hall–Kier alpha value is -2.71. The van der Waals surface area contributed by atoms with Crippen molar-refractivity contribution in [1.29, 1.82) is 0 Å². The summed E-state index contributed by atoms with van der Waals surface area (Å²) in [5.74, 6) is -0.648. The zero-order chi connectivity index (χ0) is 14.5. The quantitative estimate of drug-likeness (QED) is 0.830. The van der Waals surface area contributed by atoms with Gasteiger partial charge in [0.25, 0.3) is 0 Å². The number of amides is 1. The molecule has 104 valence electrons. The Bertz CT molecular complexity index is 708. The van der Waals surface area contributed by atoms with Crippen molar-refractivity contribution in [3.63, 3.8) is 0 Å². The van der Waals surface area contributed by atoms with Crippen molar-refractivity contribution in [2.45, 2.75) is 6.18 Å². The van der Waals surface area contributed by atoms with Crippen LogP contribution in [0.2, 0.25) is 0 Å². The molecular formula is C11H7F3N4O2. The van der Waals surface area contributed by atoms with Crippen LogP contribution in [0.3, 0.4) is 0 Å². The first-order valence-electron chi connectivity index (χ1n) is 5.41. The molecule has 3 N–H and O–H groups in total. The molecule has 2 heterocycles. The number of hydrogen-bond donors (Lipinski definition) is 2. The van der Waals surface area contributed by atoms with E-state index in [1.807, 2.05) is 0 Å². The molecule has 6 nitrogen and oxygen atoms in total.